The van der Waals surface area contributed by atoms with Gasteiger partial charge in [-0.3, -0.25) is 14.4 Å². The van der Waals surface area contributed by atoms with E-state index < -0.39 is 11.5 Å². The Kier molecular flexibility index (Phi) is 11.4. The number of amides is 2. The molecule has 1 unspecified atom stereocenters. The highest BCUT2D eigenvalue weighted by Gasteiger charge is 2.47. The third-order valence-electron chi connectivity index (χ3n) is 11.7. The lowest BCUT2D eigenvalue weighted by molar-refractivity contribution is -0.124. The molecule has 1 atom stereocenters. The van der Waals surface area contributed by atoms with Gasteiger partial charge in [-0.1, -0.05) is 12.1 Å². The van der Waals surface area contributed by atoms with Crippen LogP contribution < -0.4 is 25.8 Å². The number of carbonyl (C=O) groups is 2. The number of methoxy groups -OCH3 is 2. The number of benzene rings is 2. The van der Waals surface area contributed by atoms with E-state index in [1.807, 2.05) is 19.1 Å². The molecule has 0 radical (unpaired) electrons. The van der Waals surface area contributed by atoms with E-state index in [9.17, 15) is 14.4 Å². The number of hydrogen-bond acceptors (Lipinski definition) is 8. The number of aryl methyl sites for hydroxylation is 1. The molecule has 1 aliphatic carbocycles. The maximum absolute atomic E-state index is 14.3. The van der Waals surface area contributed by atoms with Gasteiger partial charge in [-0.05, 0) is 120 Å². The molecular formula is C41H55N5O6. The van der Waals surface area contributed by atoms with Gasteiger partial charge >= 0.3 is 0 Å². The first-order chi connectivity index (χ1) is 25.0. The first kappa shape index (κ1) is 37.6. The zero-order valence-corrected chi connectivity index (χ0v) is 31.8. The van der Waals surface area contributed by atoms with Crippen molar-refractivity contribution in [1.29, 1.82) is 0 Å². The summed E-state index contributed by atoms with van der Waals surface area (Å²) in [5.74, 6) is 0.192. The molecule has 1 saturated carbocycles. The number of nitrogens with zero attached hydrogens (tertiary/aromatic N) is 2. The first-order valence-electron chi connectivity index (χ1n) is 18.7. The summed E-state index contributed by atoms with van der Waals surface area (Å²) in [4.78, 5) is 48.4. The lowest BCUT2D eigenvalue weighted by Crippen LogP contribution is -2.44. The molecule has 1 saturated heterocycles. The molecule has 2 aromatic carbocycles. The summed E-state index contributed by atoms with van der Waals surface area (Å²) < 4.78 is 16.5. The molecule has 3 heterocycles. The highest BCUT2D eigenvalue weighted by Crippen LogP contribution is 2.46. The van der Waals surface area contributed by atoms with Crippen LogP contribution in [0.1, 0.15) is 91.2 Å². The van der Waals surface area contributed by atoms with Gasteiger partial charge in [0.1, 0.15) is 5.75 Å². The molecule has 1 spiro atoms. The standard InChI is InChI=1S/C41H55N5O6/c1-8-46(31-12-10-30(11-13-31)45(5)17-20-50-6)35-24-29(28-9-14-33-34(23-28)44-40(49)41(33)15-18-52-19-16-41)22-32(26(35)3)38(47)43-27(4)37-36(51-7)21-25(2)42-39(37)48/h9,14,21-24,27,30-31H,8,10-13,15-20H2,1-7H3,(H,42,48)(H,43,47)(H,44,49). The van der Waals surface area contributed by atoms with Gasteiger partial charge in [0, 0.05) is 68.1 Å². The summed E-state index contributed by atoms with van der Waals surface area (Å²) in [6, 6.07) is 12.3. The van der Waals surface area contributed by atoms with Crippen LogP contribution >= 0.6 is 0 Å². The molecule has 3 N–H and O–H groups in total. The average molecular weight is 714 g/mol. The van der Waals surface area contributed by atoms with Gasteiger partial charge in [-0.25, -0.2) is 0 Å². The number of aromatic amines is 1. The quantitative estimate of drug-likeness (QED) is 0.213. The summed E-state index contributed by atoms with van der Waals surface area (Å²) in [5.41, 5.74) is 6.29. The summed E-state index contributed by atoms with van der Waals surface area (Å²) >= 11 is 0. The topological polar surface area (TPSA) is 125 Å². The summed E-state index contributed by atoms with van der Waals surface area (Å²) in [6.45, 7) is 11.3. The van der Waals surface area contributed by atoms with Gasteiger partial charge in [-0.2, -0.15) is 0 Å². The molecule has 2 fully saturated rings. The average Bonchev–Trinajstić information content (AvgIpc) is 3.40. The molecule has 11 heteroatoms. The maximum atomic E-state index is 14.3. The van der Waals surface area contributed by atoms with E-state index >= 15 is 0 Å². The van der Waals surface area contributed by atoms with Gasteiger partial charge in [0.25, 0.3) is 11.5 Å². The molecule has 6 rings (SSSR count). The minimum absolute atomic E-state index is 0.0312. The fourth-order valence-corrected chi connectivity index (χ4v) is 8.67. The Morgan fingerprint density at radius 2 is 1.73 bits per heavy atom. The lowest BCUT2D eigenvalue weighted by Gasteiger charge is -2.41. The largest absolute Gasteiger partial charge is 0.496 e. The van der Waals surface area contributed by atoms with Crippen LogP contribution in [0.5, 0.6) is 5.75 Å². The third-order valence-corrected chi connectivity index (χ3v) is 11.7. The second-order valence-corrected chi connectivity index (χ2v) is 14.8. The van der Waals surface area contributed by atoms with E-state index in [1.165, 1.54) is 7.11 Å². The molecule has 3 aromatic rings. The SMILES string of the molecule is CCN(c1cc(-c2ccc3c(c2)NC(=O)C32CCOCC2)cc(C(=O)NC(C)c2c(OC)cc(C)[nH]c2=O)c1C)C1CCC(N(C)CCOC)CC1. The third kappa shape index (κ3) is 7.23. The Morgan fingerprint density at radius 3 is 2.40 bits per heavy atom. The smallest absolute Gasteiger partial charge is 0.257 e. The molecule has 3 aliphatic rings. The maximum Gasteiger partial charge on any atom is 0.257 e. The van der Waals surface area contributed by atoms with Crippen LogP contribution in [-0.4, -0.2) is 88.0 Å². The molecule has 2 amide bonds. The van der Waals surface area contributed by atoms with E-state index in [2.05, 4.69) is 57.6 Å². The first-order valence-corrected chi connectivity index (χ1v) is 18.7. The Bertz CT molecular complexity index is 1840. The predicted octanol–water partition coefficient (Wildman–Crippen LogP) is 5.87. The Morgan fingerprint density at radius 1 is 1.02 bits per heavy atom. The van der Waals surface area contributed by atoms with Crippen molar-refractivity contribution in [3.8, 4) is 16.9 Å². The normalized spacial score (nSPS) is 20.0. The lowest BCUT2D eigenvalue weighted by atomic mass is 9.75. The van der Waals surface area contributed by atoms with Crippen molar-refractivity contribution in [3.05, 3.63) is 74.7 Å². The minimum Gasteiger partial charge on any atom is -0.496 e. The molecule has 2 aliphatic heterocycles. The van der Waals surface area contributed by atoms with E-state index in [4.69, 9.17) is 14.2 Å². The minimum atomic E-state index is -0.614. The number of likely N-dealkylation sites (N-methyl/N-ethyl adjacent to an activating group) is 1. The molecular weight excluding hydrogens is 658 g/mol. The van der Waals surface area contributed by atoms with E-state index in [0.29, 0.717) is 60.7 Å². The van der Waals surface area contributed by atoms with Crippen LogP contribution in [0.25, 0.3) is 11.1 Å². The molecule has 280 valence electrons. The fourth-order valence-electron chi connectivity index (χ4n) is 8.67. The van der Waals surface area contributed by atoms with Crippen LogP contribution in [0.2, 0.25) is 0 Å². The summed E-state index contributed by atoms with van der Waals surface area (Å²) in [7, 11) is 5.46. The number of carbonyl (C=O) groups excluding carboxylic acids is 2. The summed E-state index contributed by atoms with van der Waals surface area (Å²) in [5, 5.41) is 6.28. The van der Waals surface area contributed by atoms with Crippen molar-refractivity contribution >= 4 is 23.2 Å². The van der Waals surface area contributed by atoms with E-state index in [-0.39, 0.29) is 17.4 Å². The number of ether oxygens (including phenoxy) is 3. The monoisotopic (exact) mass is 713 g/mol. The van der Waals surface area contributed by atoms with Crippen molar-refractivity contribution in [2.24, 2.45) is 0 Å². The Hall–Kier alpha value is -4.19. The van der Waals surface area contributed by atoms with Crippen LogP contribution in [-0.2, 0) is 19.7 Å². The number of pyridine rings is 1. The van der Waals surface area contributed by atoms with Gasteiger partial charge in [-0.15, -0.1) is 0 Å². The number of nitrogens with one attached hydrogen (secondary N) is 3. The number of aromatic nitrogens is 1. The zero-order valence-electron chi connectivity index (χ0n) is 31.8. The van der Waals surface area contributed by atoms with Crippen molar-refractivity contribution < 1.29 is 23.8 Å². The molecule has 0 bridgehead atoms. The molecule has 52 heavy (non-hydrogen) atoms. The van der Waals surface area contributed by atoms with Crippen molar-refractivity contribution in [1.82, 2.24) is 15.2 Å². The van der Waals surface area contributed by atoms with Crippen LogP contribution in [0.4, 0.5) is 11.4 Å². The number of fused-ring (bicyclic) bond motifs is 2. The van der Waals surface area contributed by atoms with Gasteiger partial charge in [0.2, 0.25) is 5.91 Å². The number of H-pyrrole nitrogens is 1. The Balaban J connectivity index is 1.37. The van der Waals surface area contributed by atoms with Gasteiger partial charge in [0.05, 0.1) is 30.7 Å². The molecule has 11 nitrogen and oxygen atoms in total. The highest BCUT2D eigenvalue weighted by molar-refractivity contribution is 6.07. The zero-order chi connectivity index (χ0) is 37.2. The number of hydrogen-bond donors (Lipinski definition) is 3. The van der Waals surface area contributed by atoms with E-state index in [0.717, 1.165) is 79.0 Å². The van der Waals surface area contributed by atoms with Crippen LogP contribution in [0.15, 0.2) is 41.2 Å². The van der Waals surface area contributed by atoms with E-state index in [1.54, 1.807) is 27.0 Å². The Labute approximate surface area is 307 Å². The van der Waals surface area contributed by atoms with Crippen LogP contribution in [0, 0.1) is 13.8 Å². The van der Waals surface area contributed by atoms with Crippen molar-refractivity contribution in [2.75, 3.05) is 64.4 Å². The fraction of sp³-hybridized carbons (Fsp3) is 0.537. The highest BCUT2D eigenvalue weighted by atomic mass is 16.5. The van der Waals surface area contributed by atoms with Gasteiger partial charge in [0.15, 0.2) is 0 Å². The van der Waals surface area contributed by atoms with Crippen LogP contribution in [0.3, 0.4) is 0 Å². The summed E-state index contributed by atoms with van der Waals surface area (Å²) in [6.07, 6.45) is 5.60. The van der Waals surface area contributed by atoms with Gasteiger partial charge < -0.3 is 39.6 Å². The number of rotatable bonds is 12. The van der Waals surface area contributed by atoms with Crippen molar-refractivity contribution in [3.63, 3.8) is 0 Å². The molecule has 1 aromatic heterocycles. The number of anilines is 2. The second kappa shape index (κ2) is 15.8. The van der Waals surface area contributed by atoms with Crippen molar-refractivity contribution in [2.45, 2.75) is 89.8 Å². The second-order valence-electron chi connectivity index (χ2n) is 14.8. The predicted molar refractivity (Wildman–Crippen MR) is 205 cm³/mol.